The van der Waals surface area contributed by atoms with E-state index in [0.717, 1.165) is 6.42 Å². The Kier molecular flexibility index (Phi) is 2.57. The summed E-state index contributed by atoms with van der Waals surface area (Å²) in [5.74, 6) is 0.517. The Morgan fingerprint density at radius 1 is 1.42 bits per heavy atom. The van der Waals surface area contributed by atoms with Crippen LogP contribution in [0.15, 0.2) is 0 Å². The second-order valence-corrected chi connectivity index (χ2v) is 3.98. The molecule has 0 saturated heterocycles. The van der Waals surface area contributed by atoms with Gasteiger partial charge in [0, 0.05) is 12.5 Å². The lowest BCUT2D eigenvalue weighted by Crippen LogP contribution is -2.59. The summed E-state index contributed by atoms with van der Waals surface area (Å²) in [6, 6.07) is 0. The zero-order valence-electron chi connectivity index (χ0n) is 8.39. The van der Waals surface area contributed by atoms with Crippen LogP contribution in [0.2, 0.25) is 0 Å². The summed E-state index contributed by atoms with van der Waals surface area (Å²) in [6.45, 7) is 8.68. The fraction of sp³-hybridized carbons (Fsp3) is 0.900. The summed E-state index contributed by atoms with van der Waals surface area (Å²) in [7, 11) is 0. The molecule has 1 saturated carbocycles. The molecule has 0 aromatic heterocycles. The first-order chi connectivity index (χ1) is 5.55. The lowest BCUT2D eigenvalue weighted by Gasteiger charge is -2.48. The van der Waals surface area contributed by atoms with Crippen LogP contribution in [-0.2, 0) is 9.53 Å². The Labute approximate surface area is 74.3 Å². The molecule has 1 aliphatic carbocycles. The third-order valence-electron chi connectivity index (χ3n) is 2.83. The maximum Gasteiger partial charge on any atom is 0.146 e. The fourth-order valence-corrected chi connectivity index (χ4v) is 2.07. The highest BCUT2D eigenvalue weighted by molar-refractivity contribution is 5.94. The van der Waals surface area contributed by atoms with Crippen LogP contribution in [-0.4, -0.2) is 18.5 Å². The Hall–Kier alpha value is -0.370. The number of Topliss-reactive ketones (excluding diaryl/α,β-unsaturated/α-hetero) is 1. The average molecular weight is 170 g/mol. The van der Waals surface area contributed by atoms with Crippen LogP contribution >= 0.6 is 0 Å². The lowest BCUT2D eigenvalue weighted by molar-refractivity contribution is -0.174. The number of ketones is 1. The first-order valence-corrected chi connectivity index (χ1v) is 4.71. The second kappa shape index (κ2) is 3.17. The van der Waals surface area contributed by atoms with Crippen molar-refractivity contribution in [2.24, 2.45) is 11.3 Å². The molecule has 1 aliphatic rings. The highest BCUT2D eigenvalue weighted by Gasteiger charge is 2.55. The minimum atomic E-state index is -0.239. The minimum absolute atomic E-state index is 0.153. The quantitative estimate of drug-likeness (QED) is 0.647. The smallest absolute Gasteiger partial charge is 0.146 e. The van der Waals surface area contributed by atoms with Gasteiger partial charge in [0.2, 0.25) is 0 Å². The zero-order chi connectivity index (χ0) is 9.35. The van der Waals surface area contributed by atoms with E-state index in [0.29, 0.717) is 12.4 Å². The van der Waals surface area contributed by atoms with Crippen molar-refractivity contribution in [1.82, 2.24) is 0 Å². The molecular weight excluding hydrogens is 152 g/mol. The summed E-state index contributed by atoms with van der Waals surface area (Å²) in [5, 5.41) is 0. The summed E-state index contributed by atoms with van der Waals surface area (Å²) in [6.07, 6.45) is 1.06. The van der Waals surface area contributed by atoms with E-state index in [1.807, 2.05) is 27.7 Å². The summed E-state index contributed by atoms with van der Waals surface area (Å²) >= 11 is 0. The Bertz CT molecular complexity index is 184. The van der Waals surface area contributed by atoms with Crippen LogP contribution in [0, 0.1) is 11.3 Å². The predicted octanol–water partition coefficient (Wildman–Crippen LogP) is 2.03. The first kappa shape index (κ1) is 9.72. The van der Waals surface area contributed by atoms with Gasteiger partial charge in [0.25, 0.3) is 0 Å². The molecule has 12 heavy (non-hydrogen) atoms. The molecule has 0 amide bonds. The molecule has 1 fully saturated rings. The molecular formula is C10H18O2. The van der Waals surface area contributed by atoms with Crippen molar-refractivity contribution in [2.45, 2.75) is 40.2 Å². The number of hydrogen-bond acceptors (Lipinski definition) is 2. The van der Waals surface area contributed by atoms with Gasteiger partial charge in [-0.1, -0.05) is 20.8 Å². The topological polar surface area (TPSA) is 26.3 Å². The van der Waals surface area contributed by atoms with E-state index < -0.39 is 0 Å². The molecule has 0 aliphatic heterocycles. The van der Waals surface area contributed by atoms with Crippen molar-refractivity contribution < 1.29 is 9.53 Å². The average Bonchev–Trinajstić information content (AvgIpc) is 2.04. The molecule has 70 valence electrons. The van der Waals surface area contributed by atoms with E-state index in [4.69, 9.17) is 4.74 Å². The van der Waals surface area contributed by atoms with Gasteiger partial charge in [0.05, 0.1) is 11.5 Å². The van der Waals surface area contributed by atoms with Crippen LogP contribution in [0.1, 0.15) is 34.1 Å². The maximum atomic E-state index is 11.5. The molecule has 2 nitrogen and oxygen atoms in total. The molecule has 2 atom stereocenters. The molecule has 0 aromatic carbocycles. The van der Waals surface area contributed by atoms with Crippen LogP contribution in [0.5, 0.6) is 0 Å². The molecule has 0 radical (unpaired) electrons. The van der Waals surface area contributed by atoms with Gasteiger partial charge in [-0.2, -0.15) is 0 Å². The van der Waals surface area contributed by atoms with Gasteiger partial charge < -0.3 is 4.74 Å². The van der Waals surface area contributed by atoms with Crippen molar-refractivity contribution in [3.63, 3.8) is 0 Å². The van der Waals surface area contributed by atoms with Crippen molar-refractivity contribution >= 4 is 5.78 Å². The standard InChI is InChI=1S/C10H18O2/c1-5-7-8(11)10(3,4)9(7)12-6-2/h7,9H,5-6H2,1-4H3/t7-,9-/m0/s1. The van der Waals surface area contributed by atoms with Gasteiger partial charge >= 0.3 is 0 Å². The van der Waals surface area contributed by atoms with Crippen LogP contribution in [0.4, 0.5) is 0 Å². The molecule has 0 bridgehead atoms. The summed E-state index contributed by atoms with van der Waals surface area (Å²) < 4.78 is 5.55. The van der Waals surface area contributed by atoms with Crippen LogP contribution in [0.3, 0.4) is 0 Å². The van der Waals surface area contributed by atoms with Gasteiger partial charge in [0.15, 0.2) is 0 Å². The number of carbonyl (C=O) groups is 1. The Morgan fingerprint density at radius 3 is 2.42 bits per heavy atom. The minimum Gasteiger partial charge on any atom is -0.377 e. The highest BCUT2D eigenvalue weighted by atomic mass is 16.5. The van der Waals surface area contributed by atoms with Gasteiger partial charge in [0.1, 0.15) is 5.78 Å². The van der Waals surface area contributed by atoms with Crippen LogP contribution < -0.4 is 0 Å². The maximum absolute atomic E-state index is 11.5. The van der Waals surface area contributed by atoms with E-state index in [-0.39, 0.29) is 17.4 Å². The van der Waals surface area contributed by atoms with Crippen molar-refractivity contribution in [1.29, 1.82) is 0 Å². The number of hydrogen-bond donors (Lipinski definition) is 0. The first-order valence-electron chi connectivity index (χ1n) is 4.71. The number of carbonyl (C=O) groups excluding carboxylic acids is 1. The lowest BCUT2D eigenvalue weighted by atomic mass is 9.59. The van der Waals surface area contributed by atoms with E-state index in [1.54, 1.807) is 0 Å². The van der Waals surface area contributed by atoms with E-state index in [2.05, 4.69) is 0 Å². The van der Waals surface area contributed by atoms with E-state index in [9.17, 15) is 4.79 Å². The zero-order valence-corrected chi connectivity index (χ0v) is 8.39. The van der Waals surface area contributed by atoms with E-state index in [1.165, 1.54) is 0 Å². The SMILES string of the molecule is CCO[C@H]1[C@@H](CC)C(=O)C1(C)C. The van der Waals surface area contributed by atoms with Crippen molar-refractivity contribution in [3.05, 3.63) is 0 Å². The third-order valence-corrected chi connectivity index (χ3v) is 2.83. The molecule has 0 unspecified atom stereocenters. The van der Waals surface area contributed by atoms with Crippen molar-refractivity contribution in [2.75, 3.05) is 6.61 Å². The predicted molar refractivity (Wildman–Crippen MR) is 48.0 cm³/mol. The molecule has 2 heteroatoms. The molecule has 1 rings (SSSR count). The number of ether oxygens (including phenoxy) is 1. The second-order valence-electron chi connectivity index (χ2n) is 3.98. The Balaban J connectivity index is 2.64. The van der Waals surface area contributed by atoms with Gasteiger partial charge in [-0.3, -0.25) is 4.79 Å². The number of rotatable bonds is 3. The van der Waals surface area contributed by atoms with Gasteiger partial charge in [-0.05, 0) is 13.3 Å². The largest absolute Gasteiger partial charge is 0.377 e. The monoisotopic (exact) mass is 170 g/mol. The third kappa shape index (κ3) is 1.18. The van der Waals surface area contributed by atoms with Crippen LogP contribution in [0.25, 0.3) is 0 Å². The molecule has 0 aromatic rings. The molecule has 0 spiro atoms. The summed E-state index contributed by atoms with van der Waals surface area (Å²) in [5.41, 5.74) is -0.239. The summed E-state index contributed by atoms with van der Waals surface area (Å²) in [4.78, 5) is 11.5. The van der Waals surface area contributed by atoms with Gasteiger partial charge in [-0.15, -0.1) is 0 Å². The fourth-order valence-electron chi connectivity index (χ4n) is 2.07. The Morgan fingerprint density at radius 2 is 2.00 bits per heavy atom. The normalized spacial score (nSPS) is 33.2. The molecule has 0 N–H and O–H groups in total. The van der Waals surface area contributed by atoms with Gasteiger partial charge in [-0.25, -0.2) is 0 Å². The highest BCUT2D eigenvalue weighted by Crippen LogP contribution is 2.44. The van der Waals surface area contributed by atoms with E-state index >= 15 is 0 Å². The van der Waals surface area contributed by atoms with Crippen molar-refractivity contribution in [3.8, 4) is 0 Å². The molecule has 0 heterocycles.